The van der Waals surface area contributed by atoms with E-state index in [1.165, 1.54) is 4.90 Å². The summed E-state index contributed by atoms with van der Waals surface area (Å²) in [6.07, 6.45) is 4.25. The summed E-state index contributed by atoms with van der Waals surface area (Å²) in [7, 11) is 0. The Kier molecular flexibility index (Phi) is 4.90. The SMILES string of the molecule is CC12C(=O)N(c3ccc(Br)cc3)C(=O)C1C(c1ccccc1)C=CC2c1ccccc1. The maximum absolute atomic E-state index is 14.0. The summed E-state index contributed by atoms with van der Waals surface area (Å²) in [6.45, 7) is 1.97. The lowest BCUT2D eigenvalue weighted by molar-refractivity contribution is -0.127. The van der Waals surface area contributed by atoms with Crippen LogP contribution in [0.1, 0.15) is 29.9 Å². The highest BCUT2D eigenvalue weighted by Crippen LogP contribution is 2.57. The summed E-state index contributed by atoms with van der Waals surface area (Å²) in [5.74, 6) is -1.06. The van der Waals surface area contributed by atoms with E-state index >= 15 is 0 Å². The van der Waals surface area contributed by atoms with Crippen LogP contribution in [0.15, 0.2) is 102 Å². The molecule has 1 fully saturated rings. The van der Waals surface area contributed by atoms with Crippen LogP contribution in [0.4, 0.5) is 5.69 Å². The number of fused-ring (bicyclic) bond motifs is 1. The zero-order valence-electron chi connectivity index (χ0n) is 17.1. The summed E-state index contributed by atoms with van der Waals surface area (Å²) in [5.41, 5.74) is 1.85. The van der Waals surface area contributed by atoms with Gasteiger partial charge in [-0.25, -0.2) is 4.90 Å². The highest BCUT2D eigenvalue weighted by Gasteiger charge is 2.63. The van der Waals surface area contributed by atoms with E-state index < -0.39 is 11.3 Å². The third-order valence-electron chi connectivity index (χ3n) is 6.74. The third kappa shape index (κ3) is 3.09. The number of carbonyl (C=O) groups excluding carboxylic acids is 2. The molecular weight excluding hydrogens is 450 g/mol. The van der Waals surface area contributed by atoms with Gasteiger partial charge in [0.2, 0.25) is 11.8 Å². The lowest BCUT2D eigenvalue weighted by Gasteiger charge is -2.41. The molecule has 2 aliphatic rings. The summed E-state index contributed by atoms with van der Waals surface area (Å²) >= 11 is 3.44. The molecular formula is C27H22BrNO2. The number of benzene rings is 3. The Bertz CT molecular complexity index is 1160. The van der Waals surface area contributed by atoms with Gasteiger partial charge in [0.15, 0.2) is 0 Å². The van der Waals surface area contributed by atoms with Crippen LogP contribution >= 0.6 is 15.9 Å². The minimum absolute atomic E-state index is 0.131. The van der Waals surface area contributed by atoms with E-state index in [1.54, 1.807) is 0 Å². The van der Waals surface area contributed by atoms with Crippen LogP contribution in [0.3, 0.4) is 0 Å². The Hall–Kier alpha value is -2.98. The molecule has 1 saturated heterocycles. The lowest BCUT2D eigenvalue weighted by Crippen LogP contribution is -2.42. The molecule has 0 aromatic heterocycles. The zero-order chi connectivity index (χ0) is 21.6. The maximum Gasteiger partial charge on any atom is 0.241 e. The average Bonchev–Trinajstić information content (AvgIpc) is 3.01. The van der Waals surface area contributed by atoms with Gasteiger partial charge in [-0.2, -0.15) is 0 Å². The highest BCUT2D eigenvalue weighted by atomic mass is 79.9. The smallest absolute Gasteiger partial charge is 0.241 e. The van der Waals surface area contributed by atoms with Gasteiger partial charge in [-0.05, 0) is 42.3 Å². The monoisotopic (exact) mass is 471 g/mol. The largest absolute Gasteiger partial charge is 0.274 e. The van der Waals surface area contributed by atoms with Gasteiger partial charge in [-0.15, -0.1) is 0 Å². The Morgan fingerprint density at radius 2 is 1.35 bits per heavy atom. The first kappa shape index (κ1) is 20.0. The van der Waals surface area contributed by atoms with Crippen LogP contribution < -0.4 is 4.90 Å². The molecule has 0 N–H and O–H groups in total. The van der Waals surface area contributed by atoms with Crippen LogP contribution in [0.2, 0.25) is 0 Å². The van der Waals surface area contributed by atoms with Crippen molar-refractivity contribution < 1.29 is 9.59 Å². The van der Waals surface area contributed by atoms with Gasteiger partial charge in [0.25, 0.3) is 0 Å². The summed E-state index contributed by atoms with van der Waals surface area (Å²) in [6, 6.07) is 27.4. The second-order valence-electron chi connectivity index (χ2n) is 8.43. The number of anilines is 1. The number of amides is 2. The summed E-state index contributed by atoms with van der Waals surface area (Å²) in [5, 5.41) is 0. The van der Waals surface area contributed by atoms with Crippen molar-refractivity contribution in [2.24, 2.45) is 11.3 Å². The second kappa shape index (κ2) is 7.61. The van der Waals surface area contributed by atoms with Gasteiger partial charge < -0.3 is 0 Å². The number of imide groups is 1. The van der Waals surface area contributed by atoms with Gasteiger partial charge in [0.1, 0.15) is 0 Å². The van der Waals surface area contributed by atoms with Gasteiger partial charge in [-0.3, -0.25) is 9.59 Å². The normalized spacial score (nSPS) is 27.4. The molecule has 3 nitrogen and oxygen atoms in total. The number of hydrogen-bond donors (Lipinski definition) is 0. The van der Waals surface area contributed by atoms with Crippen molar-refractivity contribution in [2.75, 3.05) is 4.90 Å². The number of rotatable bonds is 3. The average molecular weight is 472 g/mol. The molecule has 4 atom stereocenters. The van der Waals surface area contributed by atoms with E-state index in [0.29, 0.717) is 5.69 Å². The van der Waals surface area contributed by atoms with E-state index in [0.717, 1.165) is 15.6 Å². The topological polar surface area (TPSA) is 37.4 Å². The van der Waals surface area contributed by atoms with Crippen LogP contribution in [-0.4, -0.2) is 11.8 Å². The lowest BCUT2D eigenvalue weighted by atomic mass is 9.58. The fourth-order valence-corrected chi connectivity index (χ4v) is 5.46. The molecule has 1 aliphatic heterocycles. The van der Waals surface area contributed by atoms with Crippen molar-refractivity contribution in [1.29, 1.82) is 0 Å². The number of hydrogen-bond acceptors (Lipinski definition) is 2. The highest BCUT2D eigenvalue weighted by molar-refractivity contribution is 9.10. The molecule has 4 unspecified atom stereocenters. The van der Waals surface area contributed by atoms with Gasteiger partial charge in [0.05, 0.1) is 17.0 Å². The Balaban J connectivity index is 1.68. The minimum atomic E-state index is -0.874. The first-order valence-corrected chi connectivity index (χ1v) is 11.2. The first-order chi connectivity index (χ1) is 15.0. The van der Waals surface area contributed by atoms with Gasteiger partial charge in [0, 0.05) is 16.3 Å². The molecule has 0 radical (unpaired) electrons. The minimum Gasteiger partial charge on any atom is -0.274 e. The molecule has 3 aromatic rings. The van der Waals surface area contributed by atoms with E-state index in [9.17, 15) is 9.59 Å². The van der Waals surface area contributed by atoms with Crippen molar-refractivity contribution in [2.45, 2.75) is 18.8 Å². The van der Waals surface area contributed by atoms with Gasteiger partial charge >= 0.3 is 0 Å². The fraction of sp³-hybridized carbons (Fsp3) is 0.185. The molecule has 4 heteroatoms. The number of halogens is 1. The maximum atomic E-state index is 14.0. The van der Waals surface area contributed by atoms with Crippen molar-refractivity contribution in [3.05, 3.63) is 113 Å². The summed E-state index contributed by atoms with van der Waals surface area (Å²) in [4.78, 5) is 29.2. The molecule has 1 aliphatic carbocycles. The van der Waals surface area contributed by atoms with E-state index in [-0.39, 0.29) is 23.7 Å². The molecule has 5 rings (SSSR count). The number of allylic oxidation sites excluding steroid dienone is 2. The Morgan fingerprint density at radius 3 is 1.97 bits per heavy atom. The van der Waals surface area contributed by atoms with E-state index in [4.69, 9.17) is 0 Å². The van der Waals surface area contributed by atoms with Crippen molar-refractivity contribution >= 4 is 33.4 Å². The predicted octanol–water partition coefficient (Wildman–Crippen LogP) is 6.08. The molecule has 154 valence electrons. The zero-order valence-corrected chi connectivity index (χ0v) is 18.7. The Labute approximate surface area is 190 Å². The number of carbonyl (C=O) groups is 2. The quantitative estimate of drug-likeness (QED) is 0.342. The van der Waals surface area contributed by atoms with Gasteiger partial charge in [-0.1, -0.05) is 88.7 Å². The van der Waals surface area contributed by atoms with Crippen LogP contribution in [0, 0.1) is 11.3 Å². The molecule has 2 amide bonds. The fourth-order valence-electron chi connectivity index (χ4n) is 5.20. The third-order valence-corrected chi connectivity index (χ3v) is 7.27. The predicted molar refractivity (Wildman–Crippen MR) is 126 cm³/mol. The van der Waals surface area contributed by atoms with Crippen LogP contribution in [0.25, 0.3) is 0 Å². The van der Waals surface area contributed by atoms with Crippen molar-refractivity contribution in [3.63, 3.8) is 0 Å². The molecule has 0 saturated carbocycles. The second-order valence-corrected chi connectivity index (χ2v) is 9.34. The molecule has 0 bridgehead atoms. The van der Waals surface area contributed by atoms with Crippen LogP contribution in [-0.2, 0) is 9.59 Å². The van der Waals surface area contributed by atoms with E-state index in [2.05, 4.69) is 28.1 Å². The standard InChI is InChI=1S/C27H22BrNO2/c1-27-23(19-10-6-3-7-11-19)17-16-22(18-8-4-2-5-9-18)24(27)25(30)29(26(27)31)21-14-12-20(28)13-15-21/h2-17,22-24H,1H3. The summed E-state index contributed by atoms with van der Waals surface area (Å²) < 4.78 is 0.907. The first-order valence-electron chi connectivity index (χ1n) is 10.4. The number of nitrogens with zero attached hydrogens (tertiary/aromatic N) is 1. The molecule has 31 heavy (non-hydrogen) atoms. The molecule has 0 spiro atoms. The van der Waals surface area contributed by atoms with Crippen LogP contribution in [0.5, 0.6) is 0 Å². The van der Waals surface area contributed by atoms with Crippen molar-refractivity contribution in [3.8, 4) is 0 Å². The molecule has 1 heterocycles. The Morgan fingerprint density at radius 1 is 0.774 bits per heavy atom. The molecule has 3 aromatic carbocycles. The van der Waals surface area contributed by atoms with Crippen molar-refractivity contribution in [1.82, 2.24) is 0 Å². The van der Waals surface area contributed by atoms with E-state index in [1.807, 2.05) is 91.9 Å².